The third-order valence-corrected chi connectivity index (χ3v) is 5.39. The minimum absolute atomic E-state index is 0.00228. The first-order chi connectivity index (χ1) is 13.5. The quantitative estimate of drug-likeness (QED) is 0.576. The van der Waals surface area contributed by atoms with Gasteiger partial charge < -0.3 is 15.4 Å². The molecule has 1 aliphatic heterocycles. The second-order valence-electron chi connectivity index (χ2n) is 7.21. The fourth-order valence-corrected chi connectivity index (χ4v) is 3.82. The van der Waals surface area contributed by atoms with Crippen molar-refractivity contribution >= 4 is 23.3 Å². The number of nitrogens with zero attached hydrogens (tertiary/aromatic N) is 1. The maximum atomic E-state index is 12.7. The minimum Gasteiger partial charge on any atom is -0.480 e. The summed E-state index contributed by atoms with van der Waals surface area (Å²) < 4.78 is 5.76. The lowest BCUT2D eigenvalue weighted by Crippen LogP contribution is -2.53. The van der Waals surface area contributed by atoms with Crippen LogP contribution in [0.15, 0.2) is 30.3 Å². The van der Waals surface area contributed by atoms with Crippen molar-refractivity contribution in [2.75, 3.05) is 7.05 Å². The van der Waals surface area contributed by atoms with Crippen molar-refractivity contribution in [2.45, 2.75) is 50.7 Å². The van der Waals surface area contributed by atoms with Gasteiger partial charge in [0.15, 0.2) is 6.10 Å². The van der Waals surface area contributed by atoms with Gasteiger partial charge in [0, 0.05) is 31.2 Å². The number of likely N-dealkylation sites (N-methyl/N-ethyl adjacent to an activating group) is 1. The van der Waals surface area contributed by atoms with Crippen LogP contribution in [0.1, 0.15) is 44.1 Å². The SMILES string of the molecule is CNC(=O)[C@@H](NC(=O)C1CC=C(c2ccc([N+](=O)[O-])cc2)O1)C1CCCCC1. The Kier molecular flexibility index (Phi) is 6.28. The minimum atomic E-state index is -0.707. The molecule has 2 aliphatic rings. The van der Waals surface area contributed by atoms with E-state index in [9.17, 15) is 19.7 Å². The number of amides is 2. The fraction of sp³-hybridized carbons (Fsp3) is 0.500. The predicted octanol–water partition coefficient (Wildman–Crippen LogP) is 2.54. The molecule has 0 aromatic heterocycles. The van der Waals surface area contributed by atoms with E-state index >= 15 is 0 Å². The lowest BCUT2D eigenvalue weighted by Gasteiger charge is -2.30. The summed E-state index contributed by atoms with van der Waals surface area (Å²) in [7, 11) is 1.57. The third kappa shape index (κ3) is 4.49. The van der Waals surface area contributed by atoms with E-state index in [-0.39, 0.29) is 23.4 Å². The first kappa shape index (κ1) is 19.9. The number of benzene rings is 1. The van der Waals surface area contributed by atoms with Crippen LogP contribution >= 0.6 is 0 Å². The molecule has 1 heterocycles. The van der Waals surface area contributed by atoms with Gasteiger partial charge in [0.05, 0.1) is 4.92 Å². The van der Waals surface area contributed by atoms with E-state index in [1.54, 1.807) is 25.3 Å². The molecule has 2 N–H and O–H groups in total. The van der Waals surface area contributed by atoms with Crippen LogP contribution in [-0.2, 0) is 14.3 Å². The standard InChI is InChI=1S/C20H25N3O5/c1-21-20(25)18(14-5-3-2-4-6-14)22-19(24)17-12-11-16(28-17)13-7-9-15(10-8-13)23(26)27/h7-11,14,17-18H,2-6,12H2,1H3,(H,21,25)(H,22,24)/t17?,18-/m0/s1. The molecule has 1 unspecified atom stereocenters. The number of hydrogen-bond acceptors (Lipinski definition) is 5. The summed E-state index contributed by atoms with van der Waals surface area (Å²) in [5.74, 6) is 0.166. The van der Waals surface area contributed by atoms with E-state index in [1.165, 1.54) is 18.6 Å². The molecular formula is C20H25N3O5. The molecule has 2 atom stereocenters. The van der Waals surface area contributed by atoms with E-state index in [0.717, 1.165) is 25.7 Å². The van der Waals surface area contributed by atoms with E-state index in [4.69, 9.17) is 4.74 Å². The summed E-state index contributed by atoms with van der Waals surface area (Å²) in [5, 5.41) is 16.3. The summed E-state index contributed by atoms with van der Waals surface area (Å²) in [6.07, 6.45) is 6.64. The first-order valence-electron chi connectivity index (χ1n) is 9.63. The van der Waals surface area contributed by atoms with Gasteiger partial charge in [-0.05, 0) is 37.0 Å². The number of nitro benzene ring substituents is 1. The molecular weight excluding hydrogens is 362 g/mol. The Morgan fingerprint density at radius 3 is 2.46 bits per heavy atom. The van der Waals surface area contributed by atoms with Crippen LogP contribution in [0.2, 0.25) is 0 Å². The maximum Gasteiger partial charge on any atom is 0.269 e. The van der Waals surface area contributed by atoms with Gasteiger partial charge in [-0.25, -0.2) is 0 Å². The molecule has 2 amide bonds. The van der Waals surface area contributed by atoms with Crippen LogP contribution in [0.3, 0.4) is 0 Å². The van der Waals surface area contributed by atoms with Gasteiger partial charge in [-0.15, -0.1) is 0 Å². The molecule has 1 aliphatic carbocycles. The average Bonchev–Trinajstić information content (AvgIpc) is 3.22. The van der Waals surface area contributed by atoms with Crippen LogP contribution in [0.4, 0.5) is 5.69 Å². The second-order valence-corrected chi connectivity index (χ2v) is 7.21. The van der Waals surface area contributed by atoms with Gasteiger partial charge in [-0.1, -0.05) is 19.3 Å². The smallest absolute Gasteiger partial charge is 0.269 e. The lowest BCUT2D eigenvalue weighted by atomic mass is 9.83. The molecule has 8 nitrogen and oxygen atoms in total. The molecule has 1 saturated carbocycles. The molecule has 0 bridgehead atoms. The van der Waals surface area contributed by atoms with Gasteiger partial charge in [0.1, 0.15) is 11.8 Å². The topological polar surface area (TPSA) is 111 Å². The third-order valence-electron chi connectivity index (χ3n) is 5.39. The Balaban J connectivity index is 1.61. The number of hydrogen-bond donors (Lipinski definition) is 2. The van der Waals surface area contributed by atoms with Gasteiger partial charge in [0.25, 0.3) is 11.6 Å². The lowest BCUT2D eigenvalue weighted by molar-refractivity contribution is -0.384. The summed E-state index contributed by atoms with van der Waals surface area (Å²) in [5.41, 5.74) is 0.675. The van der Waals surface area contributed by atoms with Crippen molar-refractivity contribution in [1.29, 1.82) is 0 Å². The van der Waals surface area contributed by atoms with Crippen LogP contribution in [-0.4, -0.2) is 35.9 Å². The highest BCUT2D eigenvalue weighted by Crippen LogP contribution is 2.29. The highest BCUT2D eigenvalue weighted by molar-refractivity contribution is 5.90. The number of rotatable bonds is 6. The number of non-ortho nitro benzene ring substituents is 1. The van der Waals surface area contributed by atoms with Crippen molar-refractivity contribution in [2.24, 2.45) is 5.92 Å². The van der Waals surface area contributed by atoms with E-state index in [1.807, 2.05) is 0 Å². The Morgan fingerprint density at radius 2 is 1.86 bits per heavy atom. The van der Waals surface area contributed by atoms with Gasteiger partial charge in [-0.3, -0.25) is 19.7 Å². The molecule has 0 saturated heterocycles. The summed E-state index contributed by atoms with van der Waals surface area (Å²) >= 11 is 0. The zero-order valence-electron chi connectivity index (χ0n) is 15.8. The van der Waals surface area contributed by atoms with Crippen molar-refractivity contribution in [3.63, 3.8) is 0 Å². The molecule has 1 aromatic carbocycles. The molecule has 8 heteroatoms. The highest BCUT2D eigenvalue weighted by atomic mass is 16.6. The molecule has 150 valence electrons. The zero-order chi connectivity index (χ0) is 20.1. The van der Waals surface area contributed by atoms with Gasteiger partial charge in [0.2, 0.25) is 5.91 Å². The molecule has 1 aromatic rings. The van der Waals surface area contributed by atoms with E-state index < -0.39 is 17.1 Å². The zero-order valence-corrected chi connectivity index (χ0v) is 15.8. The number of ether oxygens (including phenoxy) is 1. The molecule has 1 fully saturated rings. The largest absolute Gasteiger partial charge is 0.480 e. The fourth-order valence-electron chi connectivity index (χ4n) is 3.82. The van der Waals surface area contributed by atoms with Crippen molar-refractivity contribution in [3.05, 3.63) is 46.0 Å². The number of nitro groups is 1. The predicted molar refractivity (Wildman–Crippen MR) is 103 cm³/mol. The van der Waals surface area contributed by atoms with Gasteiger partial charge >= 0.3 is 0 Å². The number of nitrogens with one attached hydrogen (secondary N) is 2. The van der Waals surface area contributed by atoms with Crippen molar-refractivity contribution in [1.82, 2.24) is 10.6 Å². The van der Waals surface area contributed by atoms with Crippen LogP contribution in [0.5, 0.6) is 0 Å². The molecule has 3 rings (SSSR count). The van der Waals surface area contributed by atoms with Crippen LogP contribution in [0, 0.1) is 16.0 Å². The second kappa shape index (κ2) is 8.86. The number of carbonyl (C=O) groups is 2. The van der Waals surface area contributed by atoms with Crippen molar-refractivity contribution in [3.8, 4) is 0 Å². The molecule has 0 spiro atoms. The average molecular weight is 387 g/mol. The summed E-state index contributed by atoms with van der Waals surface area (Å²) in [6.45, 7) is 0. The van der Waals surface area contributed by atoms with Gasteiger partial charge in [-0.2, -0.15) is 0 Å². The van der Waals surface area contributed by atoms with Crippen LogP contribution in [0.25, 0.3) is 5.76 Å². The Hall–Kier alpha value is -2.90. The molecule has 28 heavy (non-hydrogen) atoms. The Bertz CT molecular complexity index is 769. The summed E-state index contributed by atoms with van der Waals surface area (Å²) in [6, 6.07) is 5.44. The highest BCUT2D eigenvalue weighted by Gasteiger charge is 2.34. The number of carbonyl (C=O) groups excluding carboxylic acids is 2. The first-order valence-corrected chi connectivity index (χ1v) is 9.63. The Labute approximate surface area is 163 Å². The van der Waals surface area contributed by atoms with E-state index in [2.05, 4.69) is 10.6 Å². The normalized spacial score (nSPS) is 20.6. The Morgan fingerprint density at radius 1 is 1.18 bits per heavy atom. The monoisotopic (exact) mass is 387 g/mol. The molecule has 0 radical (unpaired) electrons. The van der Waals surface area contributed by atoms with E-state index in [0.29, 0.717) is 17.7 Å². The maximum absolute atomic E-state index is 12.7. The van der Waals surface area contributed by atoms with Crippen molar-refractivity contribution < 1.29 is 19.2 Å². The van der Waals surface area contributed by atoms with Crippen LogP contribution < -0.4 is 10.6 Å². The summed E-state index contributed by atoms with van der Waals surface area (Å²) in [4.78, 5) is 35.3.